The molecule has 4 rings (SSSR count). The molecular weight excluding hydrogens is 360 g/mol. The van der Waals surface area contributed by atoms with Crippen molar-refractivity contribution in [1.82, 2.24) is 0 Å². The molecule has 0 aliphatic heterocycles. The van der Waals surface area contributed by atoms with Crippen LogP contribution in [0.1, 0.15) is 59.8 Å². The van der Waals surface area contributed by atoms with E-state index >= 15 is 0 Å². The van der Waals surface area contributed by atoms with Crippen LogP contribution in [0.5, 0.6) is 0 Å². The highest BCUT2D eigenvalue weighted by Gasteiger charge is 2.81. The number of fused-ring (bicyclic) bond motifs is 3. The van der Waals surface area contributed by atoms with Gasteiger partial charge in [-0.15, -0.1) is 0 Å². The van der Waals surface area contributed by atoms with E-state index in [1.54, 1.807) is 0 Å². The smallest absolute Gasteiger partial charge is 0.302 e. The summed E-state index contributed by atoms with van der Waals surface area (Å²) < 4.78 is 5.59. The van der Waals surface area contributed by atoms with Crippen LogP contribution in [0, 0.1) is 28.1 Å². The standard InChI is InChI=1S/C22H32O6/c1-11-13-6-9-21(27)20(5)8-7-16(28-12(2)23)19(3,4)14(20)10-15(24)22(21,17(11)25)18(13)26/h13-16,18,24,26-27H,1,6-10H2,2-5H3/t13?,14?,15?,16-,18?,20?,21+,22?/m0/s1. The molecular formula is C22H32O6. The van der Waals surface area contributed by atoms with Gasteiger partial charge in [-0.05, 0) is 43.6 Å². The van der Waals surface area contributed by atoms with Crippen LogP contribution in [-0.2, 0) is 14.3 Å². The van der Waals surface area contributed by atoms with Gasteiger partial charge in [-0.3, -0.25) is 9.59 Å². The Labute approximate surface area is 166 Å². The number of ketones is 1. The van der Waals surface area contributed by atoms with E-state index in [0.717, 1.165) is 0 Å². The van der Waals surface area contributed by atoms with Gasteiger partial charge in [0.15, 0.2) is 5.78 Å². The van der Waals surface area contributed by atoms with E-state index in [4.69, 9.17) is 4.74 Å². The fourth-order valence-electron chi connectivity index (χ4n) is 7.70. The van der Waals surface area contributed by atoms with Crippen molar-refractivity contribution in [3.05, 3.63) is 12.2 Å². The molecule has 28 heavy (non-hydrogen) atoms. The van der Waals surface area contributed by atoms with Gasteiger partial charge < -0.3 is 20.1 Å². The Morgan fingerprint density at radius 1 is 1.18 bits per heavy atom. The van der Waals surface area contributed by atoms with Crippen LogP contribution in [0.25, 0.3) is 0 Å². The number of carbonyl (C=O) groups is 2. The quantitative estimate of drug-likeness (QED) is 0.464. The van der Waals surface area contributed by atoms with Gasteiger partial charge in [0.2, 0.25) is 0 Å². The minimum atomic E-state index is -1.61. The molecule has 4 aliphatic carbocycles. The monoisotopic (exact) mass is 392 g/mol. The number of carbonyl (C=O) groups excluding carboxylic acids is 2. The van der Waals surface area contributed by atoms with E-state index in [2.05, 4.69) is 6.58 Å². The number of rotatable bonds is 1. The van der Waals surface area contributed by atoms with Crippen LogP contribution in [0.3, 0.4) is 0 Å². The lowest BCUT2D eigenvalue weighted by atomic mass is 9.37. The first-order chi connectivity index (χ1) is 12.9. The molecule has 0 aromatic heterocycles. The van der Waals surface area contributed by atoms with Crippen molar-refractivity contribution >= 4 is 11.8 Å². The first kappa shape index (κ1) is 20.0. The lowest BCUT2D eigenvalue weighted by Crippen LogP contribution is -2.77. The largest absolute Gasteiger partial charge is 0.462 e. The minimum absolute atomic E-state index is 0.172. The summed E-state index contributed by atoms with van der Waals surface area (Å²) >= 11 is 0. The third-order valence-corrected chi connectivity index (χ3v) is 9.12. The van der Waals surface area contributed by atoms with Crippen molar-refractivity contribution in [3.63, 3.8) is 0 Å². The van der Waals surface area contributed by atoms with Gasteiger partial charge in [-0.2, -0.15) is 0 Å². The molecule has 4 aliphatic rings. The first-order valence-corrected chi connectivity index (χ1v) is 10.3. The van der Waals surface area contributed by atoms with Gasteiger partial charge in [-0.25, -0.2) is 0 Å². The molecule has 4 saturated carbocycles. The summed E-state index contributed by atoms with van der Waals surface area (Å²) in [7, 11) is 0. The normalized spacial score (nSPS) is 52.0. The van der Waals surface area contributed by atoms with Crippen molar-refractivity contribution in [2.45, 2.75) is 83.7 Å². The zero-order chi connectivity index (χ0) is 20.9. The molecule has 6 nitrogen and oxygen atoms in total. The molecule has 0 radical (unpaired) electrons. The number of aliphatic hydroxyl groups excluding tert-OH is 2. The van der Waals surface area contributed by atoms with E-state index in [1.165, 1.54) is 6.92 Å². The highest BCUT2D eigenvalue weighted by molar-refractivity contribution is 6.05. The molecule has 6 heteroatoms. The van der Waals surface area contributed by atoms with Crippen LogP contribution >= 0.6 is 0 Å². The Bertz CT molecular complexity index is 758. The zero-order valence-electron chi connectivity index (χ0n) is 17.2. The number of Topliss-reactive ketones (excluding diaryl/α,β-unsaturated/α-hetero) is 1. The van der Waals surface area contributed by atoms with Crippen LogP contribution in [-0.4, -0.2) is 51.0 Å². The average molecular weight is 392 g/mol. The third kappa shape index (κ3) is 1.95. The average Bonchev–Trinajstić information content (AvgIpc) is 2.72. The fraction of sp³-hybridized carbons (Fsp3) is 0.818. The second-order valence-electron chi connectivity index (χ2n) is 10.4. The summed E-state index contributed by atoms with van der Waals surface area (Å²) in [5.41, 5.74) is -4.00. The van der Waals surface area contributed by atoms with E-state index in [0.29, 0.717) is 31.3 Å². The Morgan fingerprint density at radius 2 is 1.82 bits per heavy atom. The number of aliphatic hydroxyl groups is 3. The van der Waals surface area contributed by atoms with E-state index in [9.17, 15) is 24.9 Å². The van der Waals surface area contributed by atoms with E-state index in [1.807, 2.05) is 20.8 Å². The Morgan fingerprint density at radius 3 is 2.43 bits per heavy atom. The lowest BCUT2D eigenvalue weighted by molar-refractivity contribution is -0.313. The molecule has 8 atom stereocenters. The Kier molecular flexibility index (Phi) is 4.06. The second-order valence-corrected chi connectivity index (χ2v) is 10.4. The van der Waals surface area contributed by atoms with Crippen LogP contribution in [0.4, 0.5) is 0 Å². The second kappa shape index (κ2) is 5.67. The summed E-state index contributed by atoms with van der Waals surface area (Å²) in [6.07, 6.45) is -0.381. The van der Waals surface area contributed by atoms with Gasteiger partial charge in [0.1, 0.15) is 11.5 Å². The predicted molar refractivity (Wildman–Crippen MR) is 101 cm³/mol. The summed E-state index contributed by atoms with van der Waals surface area (Å²) in [4.78, 5) is 24.9. The lowest BCUT2D eigenvalue weighted by Gasteiger charge is -2.69. The van der Waals surface area contributed by atoms with Crippen molar-refractivity contribution in [2.24, 2.45) is 28.1 Å². The summed E-state index contributed by atoms with van der Waals surface area (Å²) in [5, 5.41) is 34.5. The Balaban J connectivity index is 1.85. The maximum atomic E-state index is 13.3. The van der Waals surface area contributed by atoms with Crippen molar-refractivity contribution in [1.29, 1.82) is 0 Å². The minimum Gasteiger partial charge on any atom is -0.462 e. The topological polar surface area (TPSA) is 104 Å². The molecule has 0 aromatic rings. The summed E-state index contributed by atoms with van der Waals surface area (Å²) in [5.74, 6) is -1.29. The molecule has 3 N–H and O–H groups in total. The molecule has 0 amide bonds. The summed E-state index contributed by atoms with van der Waals surface area (Å²) in [6, 6.07) is 0. The van der Waals surface area contributed by atoms with Crippen LogP contribution in [0.2, 0.25) is 0 Å². The summed E-state index contributed by atoms with van der Waals surface area (Å²) in [6.45, 7) is 11.3. The fourth-order valence-corrected chi connectivity index (χ4v) is 7.70. The highest BCUT2D eigenvalue weighted by Crippen LogP contribution is 2.72. The number of hydrogen-bond donors (Lipinski definition) is 3. The molecule has 0 heterocycles. The maximum absolute atomic E-state index is 13.3. The molecule has 1 spiro atoms. The molecule has 4 fully saturated rings. The number of ether oxygens (including phenoxy) is 1. The molecule has 6 unspecified atom stereocenters. The molecule has 2 bridgehead atoms. The highest BCUT2D eigenvalue weighted by atomic mass is 16.5. The van der Waals surface area contributed by atoms with Gasteiger partial charge in [0.05, 0.1) is 17.8 Å². The van der Waals surface area contributed by atoms with Gasteiger partial charge in [0.25, 0.3) is 0 Å². The zero-order valence-corrected chi connectivity index (χ0v) is 17.2. The number of hydrogen-bond acceptors (Lipinski definition) is 6. The van der Waals surface area contributed by atoms with Gasteiger partial charge in [0, 0.05) is 23.7 Å². The van der Waals surface area contributed by atoms with Crippen molar-refractivity contribution in [2.75, 3.05) is 0 Å². The van der Waals surface area contributed by atoms with Crippen molar-refractivity contribution < 1.29 is 29.6 Å². The third-order valence-electron chi connectivity index (χ3n) is 9.12. The van der Waals surface area contributed by atoms with Crippen molar-refractivity contribution in [3.8, 4) is 0 Å². The van der Waals surface area contributed by atoms with E-state index < -0.39 is 40.0 Å². The van der Waals surface area contributed by atoms with E-state index in [-0.39, 0.29) is 30.2 Å². The van der Waals surface area contributed by atoms with Crippen LogP contribution < -0.4 is 0 Å². The molecule has 0 aromatic carbocycles. The Hall–Kier alpha value is -1.24. The number of esters is 1. The van der Waals surface area contributed by atoms with Gasteiger partial charge >= 0.3 is 5.97 Å². The first-order valence-electron chi connectivity index (χ1n) is 10.3. The van der Waals surface area contributed by atoms with Gasteiger partial charge in [-0.1, -0.05) is 27.4 Å². The van der Waals surface area contributed by atoms with Crippen LogP contribution in [0.15, 0.2) is 12.2 Å². The molecule has 0 saturated heterocycles. The molecule has 156 valence electrons. The predicted octanol–water partition coefficient (Wildman–Crippen LogP) is 1.75. The maximum Gasteiger partial charge on any atom is 0.302 e. The SMILES string of the molecule is C=C1C(=O)C23C(O)CC4C(C)(C)[C@@H](OC(C)=O)CCC4(C)[C@]2(O)CCC1C3O.